The van der Waals surface area contributed by atoms with Crippen molar-refractivity contribution in [3.8, 4) is 17.2 Å². The molecular weight excluding hydrogens is 362 g/mol. The second-order valence-electron chi connectivity index (χ2n) is 5.92. The van der Waals surface area contributed by atoms with Gasteiger partial charge in [0.2, 0.25) is 11.8 Å². The van der Waals surface area contributed by atoms with Crippen molar-refractivity contribution in [1.82, 2.24) is 10.2 Å². The van der Waals surface area contributed by atoms with Crippen LogP contribution in [-0.4, -0.2) is 28.0 Å². The molecule has 27 heavy (non-hydrogen) atoms. The van der Waals surface area contributed by atoms with E-state index in [1.165, 1.54) is 11.8 Å². The molecule has 0 aliphatic rings. The number of nitrogens with zero attached hydrogens (tertiary/aromatic N) is 2. The maximum atomic E-state index is 12.5. The minimum Gasteiger partial charge on any atom is -0.492 e. The predicted octanol–water partition coefficient (Wildman–Crippen LogP) is 4.56. The van der Waals surface area contributed by atoms with E-state index in [0.29, 0.717) is 29.2 Å². The standard InChI is InChI=1S/C20H21N3O3S/c1-4-25-17-8-6-5-7-16(17)21-18(24)14(3)27-20-23-22-19(26-20)15-11-9-13(2)10-12-15/h5-12,14H,4H2,1-3H3,(H,21,24)/t14-/m0/s1. The summed E-state index contributed by atoms with van der Waals surface area (Å²) in [4.78, 5) is 12.5. The molecule has 3 aromatic rings. The van der Waals surface area contributed by atoms with Crippen molar-refractivity contribution in [1.29, 1.82) is 0 Å². The summed E-state index contributed by atoms with van der Waals surface area (Å²) in [7, 11) is 0. The number of hydrogen-bond donors (Lipinski definition) is 1. The Balaban J connectivity index is 1.64. The molecule has 0 radical (unpaired) electrons. The quantitative estimate of drug-likeness (QED) is 0.603. The summed E-state index contributed by atoms with van der Waals surface area (Å²) >= 11 is 1.22. The summed E-state index contributed by atoms with van der Waals surface area (Å²) in [5.41, 5.74) is 2.65. The van der Waals surface area contributed by atoms with Crippen LogP contribution in [0.4, 0.5) is 5.69 Å². The largest absolute Gasteiger partial charge is 0.492 e. The van der Waals surface area contributed by atoms with Crippen LogP contribution in [0.5, 0.6) is 5.75 Å². The molecule has 6 nitrogen and oxygen atoms in total. The maximum Gasteiger partial charge on any atom is 0.277 e. The molecule has 1 aromatic heterocycles. The fraction of sp³-hybridized carbons (Fsp3) is 0.250. The van der Waals surface area contributed by atoms with E-state index in [-0.39, 0.29) is 5.91 Å². The number of aryl methyl sites for hydroxylation is 1. The van der Waals surface area contributed by atoms with Crippen LogP contribution in [0.25, 0.3) is 11.5 Å². The third-order valence-electron chi connectivity index (χ3n) is 3.80. The van der Waals surface area contributed by atoms with Crippen LogP contribution >= 0.6 is 11.8 Å². The molecule has 0 spiro atoms. The normalized spacial score (nSPS) is 11.8. The van der Waals surface area contributed by atoms with Gasteiger partial charge in [0.15, 0.2) is 0 Å². The predicted molar refractivity (Wildman–Crippen MR) is 106 cm³/mol. The van der Waals surface area contributed by atoms with Crippen molar-refractivity contribution < 1.29 is 13.9 Å². The van der Waals surface area contributed by atoms with Crippen molar-refractivity contribution in [2.24, 2.45) is 0 Å². The van der Waals surface area contributed by atoms with E-state index in [1.807, 2.05) is 62.4 Å². The number of anilines is 1. The first-order valence-corrected chi connectivity index (χ1v) is 9.54. The summed E-state index contributed by atoms with van der Waals surface area (Å²) in [6, 6.07) is 15.2. The smallest absolute Gasteiger partial charge is 0.277 e. The second-order valence-corrected chi connectivity index (χ2v) is 7.21. The molecule has 1 amide bonds. The second kappa shape index (κ2) is 8.73. The molecule has 3 rings (SSSR count). The Morgan fingerprint density at radius 2 is 1.93 bits per heavy atom. The molecule has 2 aromatic carbocycles. The van der Waals surface area contributed by atoms with Crippen molar-refractivity contribution in [3.05, 3.63) is 54.1 Å². The van der Waals surface area contributed by atoms with Gasteiger partial charge >= 0.3 is 0 Å². The van der Waals surface area contributed by atoms with E-state index in [0.717, 1.165) is 11.1 Å². The summed E-state index contributed by atoms with van der Waals surface area (Å²) in [5, 5.41) is 10.9. The van der Waals surface area contributed by atoms with E-state index >= 15 is 0 Å². The van der Waals surface area contributed by atoms with E-state index < -0.39 is 5.25 Å². The Bertz CT molecular complexity index is 909. The highest BCUT2D eigenvalue weighted by Crippen LogP contribution is 2.28. The van der Waals surface area contributed by atoms with Crippen LogP contribution in [0, 0.1) is 6.92 Å². The summed E-state index contributed by atoms with van der Waals surface area (Å²) in [6.45, 7) is 6.24. The number of rotatable bonds is 7. The lowest BCUT2D eigenvalue weighted by atomic mass is 10.1. The van der Waals surface area contributed by atoms with Gasteiger partial charge in [-0.2, -0.15) is 0 Å². The maximum absolute atomic E-state index is 12.5. The molecule has 1 heterocycles. The number of carbonyl (C=O) groups is 1. The average molecular weight is 383 g/mol. The summed E-state index contributed by atoms with van der Waals surface area (Å²) in [5.74, 6) is 0.916. The monoisotopic (exact) mass is 383 g/mol. The van der Waals surface area contributed by atoms with Gasteiger partial charge in [-0.05, 0) is 45.0 Å². The van der Waals surface area contributed by atoms with Gasteiger partial charge in [-0.25, -0.2) is 0 Å². The van der Waals surface area contributed by atoms with Crippen LogP contribution in [0.1, 0.15) is 19.4 Å². The third kappa shape index (κ3) is 4.89. The Kier molecular flexibility index (Phi) is 6.13. The zero-order chi connectivity index (χ0) is 19.2. The third-order valence-corrected chi connectivity index (χ3v) is 4.73. The van der Waals surface area contributed by atoms with E-state index in [4.69, 9.17) is 9.15 Å². The molecule has 0 aliphatic heterocycles. The molecule has 0 saturated carbocycles. The number of aromatic nitrogens is 2. The molecule has 7 heteroatoms. The molecule has 0 fully saturated rings. The summed E-state index contributed by atoms with van der Waals surface area (Å²) in [6.07, 6.45) is 0. The number of hydrogen-bond acceptors (Lipinski definition) is 6. The molecular formula is C20H21N3O3S. The highest BCUT2D eigenvalue weighted by Gasteiger charge is 2.20. The molecule has 0 unspecified atom stereocenters. The average Bonchev–Trinajstić information content (AvgIpc) is 3.12. The van der Waals surface area contributed by atoms with Gasteiger partial charge in [-0.15, -0.1) is 10.2 Å². The summed E-state index contributed by atoms with van der Waals surface area (Å²) < 4.78 is 11.2. The van der Waals surface area contributed by atoms with E-state index in [9.17, 15) is 4.79 Å². The van der Waals surface area contributed by atoms with Gasteiger partial charge in [-0.1, -0.05) is 41.6 Å². The first-order chi connectivity index (χ1) is 13.1. The van der Waals surface area contributed by atoms with Crippen molar-refractivity contribution in [3.63, 3.8) is 0 Å². The number of ether oxygens (including phenoxy) is 1. The first-order valence-electron chi connectivity index (χ1n) is 8.66. The van der Waals surface area contributed by atoms with Gasteiger partial charge < -0.3 is 14.5 Å². The Labute approximate surface area is 162 Å². The fourth-order valence-corrected chi connectivity index (χ4v) is 3.04. The Morgan fingerprint density at radius 3 is 2.67 bits per heavy atom. The van der Waals surface area contributed by atoms with Gasteiger partial charge in [-0.3, -0.25) is 4.79 Å². The van der Waals surface area contributed by atoms with E-state index in [2.05, 4.69) is 15.5 Å². The topological polar surface area (TPSA) is 77.2 Å². The van der Waals surface area contributed by atoms with Crippen LogP contribution in [0.15, 0.2) is 58.2 Å². The van der Waals surface area contributed by atoms with Crippen molar-refractivity contribution in [2.45, 2.75) is 31.2 Å². The lowest BCUT2D eigenvalue weighted by Crippen LogP contribution is -2.22. The molecule has 0 saturated heterocycles. The zero-order valence-corrected chi connectivity index (χ0v) is 16.2. The number of nitrogens with one attached hydrogen (secondary N) is 1. The van der Waals surface area contributed by atoms with Crippen LogP contribution in [-0.2, 0) is 4.79 Å². The van der Waals surface area contributed by atoms with Crippen LogP contribution < -0.4 is 10.1 Å². The van der Waals surface area contributed by atoms with Crippen LogP contribution in [0.3, 0.4) is 0 Å². The lowest BCUT2D eigenvalue weighted by Gasteiger charge is -2.13. The van der Waals surface area contributed by atoms with Crippen molar-refractivity contribution >= 4 is 23.4 Å². The zero-order valence-electron chi connectivity index (χ0n) is 15.4. The minimum absolute atomic E-state index is 0.165. The number of para-hydroxylation sites is 2. The molecule has 0 aliphatic carbocycles. The Morgan fingerprint density at radius 1 is 1.19 bits per heavy atom. The molecule has 0 bridgehead atoms. The number of thioether (sulfide) groups is 1. The number of carbonyl (C=O) groups excluding carboxylic acids is 1. The van der Waals surface area contributed by atoms with Gasteiger partial charge in [0, 0.05) is 5.56 Å². The highest BCUT2D eigenvalue weighted by atomic mass is 32.2. The molecule has 1 N–H and O–H groups in total. The van der Waals surface area contributed by atoms with Gasteiger partial charge in [0.05, 0.1) is 17.5 Å². The number of amides is 1. The Hall–Kier alpha value is -2.80. The molecule has 1 atom stereocenters. The van der Waals surface area contributed by atoms with E-state index in [1.54, 1.807) is 6.92 Å². The highest BCUT2D eigenvalue weighted by molar-refractivity contribution is 8.00. The van der Waals surface area contributed by atoms with Crippen molar-refractivity contribution in [2.75, 3.05) is 11.9 Å². The number of benzene rings is 2. The fourth-order valence-electron chi connectivity index (χ4n) is 2.36. The molecule has 140 valence electrons. The first kappa shape index (κ1) is 19.0. The lowest BCUT2D eigenvalue weighted by molar-refractivity contribution is -0.115. The van der Waals surface area contributed by atoms with Gasteiger partial charge in [0.25, 0.3) is 5.22 Å². The van der Waals surface area contributed by atoms with Gasteiger partial charge in [0.1, 0.15) is 5.75 Å². The van der Waals surface area contributed by atoms with Crippen LogP contribution in [0.2, 0.25) is 0 Å². The SMILES string of the molecule is CCOc1ccccc1NC(=O)[C@H](C)Sc1nnc(-c2ccc(C)cc2)o1. The minimum atomic E-state index is -0.411.